The molecule has 2 heteroatoms. The first-order chi connectivity index (χ1) is 7.86. The van der Waals surface area contributed by atoms with Crippen molar-refractivity contribution in [3.8, 4) is 0 Å². The Labute approximate surface area is 97.6 Å². The van der Waals surface area contributed by atoms with Crippen LogP contribution in [0.4, 0.5) is 5.69 Å². The number of hydrogen-bond acceptors (Lipinski definition) is 2. The van der Waals surface area contributed by atoms with Gasteiger partial charge in [0.15, 0.2) is 0 Å². The van der Waals surface area contributed by atoms with Gasteiger partial charge in [-0.3, -0.25) is 0 Å². The second kappa shape index (κ2) is 4.10. The van der Waals surface area contributed by atoms with Gasteiger partial charge in [-0.1, -0.05) is 18.2 Å². The third-order valence-corrected chi connectivity index (χ3v) is 4.06. The molecule has 2 atom stereocenters. The van der Waals surface area contributed by atoms with E-state index in [-0.39, 0.29) is 0 Å². The Kier molecular flexibility index (Phi) is 2.60. The molecule has 1 aromatic rings. The zero-order valence-electron chi connectivity index (χ0n) is 9.95. The van der Waals surface area contributed by atoms with Crippen LogP contribution in [0.15, 0.2) is 24.3 Å². The summed E-state index contributed by atoms with van der Waals surface area (Å²) >= 11 is 0. The van der Waals surface area contributed by atoms with Crippen LogP contribution < -0.4 is 10.2 Å². The van der Waals surface area contributed by atoms with Crippen molar-refractivity contribution in [2.45, 2.75) is 38.3 Å². The average Bonchev–Trinajstić information content (AvgIpc) is 2.77. The van der Waals surface area contributed by atoms with Gasteiger partial charge in [-0.25, -0.2) is 0 Å². The number of hydrogen-bond donors (Lipinski definition) is 1. The molecule has 0 radical (unpaired) electrons. The first-order valence-corrected chi connectivity index (χ1v) is 6.42. The Bertz CT molecular complexity index is 375. The fourth-order valence-electron chi connectivity index (χ4n) is 3.27. The van der Waals surface area contributed by atoms with E-state index in [4.69, 9.17) is 0 Å². The van der Waals surface area contributed by atoms with Crippen LogP contribution in [0.1, 0.15) is 24.8 Å². The minimum absolute atomic E-state index is 0.730. The van der Waals surface area contributed by atoms with Crippen LogP contribution in [0.25, 0.3) is 0 Å². The highest BCUT2D eigenvalue weighted by Crippen LogP contribution is 2.31. The molecule has 2 fully saturated rings. The van der Waals surface area contributed by atoms with E-state index in [0.717, 1.165) is 25.2 Å². The summed E-state index contributed by atoms with van der Waals surface area (Å²) in [5.41, 5.74) is 2.86. The van der Waals surface area contributed by atoms with Crippen LogP contribution in [0.3, 0.4) is 0 Å². The van der Waals surface area contributed by atoms with Crippen molar-refractivity contribution in [3.63, 3.8) is 0 Å². The molecule has 2 aliphatic rings. The SMILES string of the molecule is Cc1ccccc1N1CCN[C@H]2CCC[C@H]21. The second-order valence-electron chi connectivity index (χ2n) is 5.04. The lowest BCUT2D eigenvalue weighted by Crippen LogP contribution is -2.55. The van der Waals surface area contributed by atoms with Crippen molar-refractivity contribution in [1.82, 2.24) is 5.32 Å². The number of nitrogens with zero attached hydrogens (tertiary/aromatic N) is 1. The van der Waals surface area contributed by atoms with E-state index < -0.39 is 0 Å². The predicted molar refractivity (Wildman–Crippen MR) is 68.0 cm³/mol. The zero-order valence-corrected chi connectivity index (χ0v) is 9.95. The Morgan fingerprint density at radius 1 is 1.25 bits per heavy atom. The van der Waals surface area contributed by atoms with E-state index >= 15 is 0 Å². The van der Waals surface area contributed by atoms with Crippen molar-refractivity contribution in [3.05, 3.63) is 29.8 Å². The molecular formula is C14H20N2. The highest BCUT2D eigenvalue weighted by atomic mass is 15.2. The van der Waals surface area contributed by atoms with E-state index in [1.54, 1.807) is 0 Å². The minimum Gasteiger partial charge on any atom is -0.365 e. The van der Waals surface area contributed by atoms with Crippen LogP contribution in [-0.4, -0.2) is 25.2 Å². The van der Waals surface area contributed by atoms with E-state index in [9.17, 15) is 0 Å². The summed E-state index contributed by atoms with van der Waals surface area (Å²) in [5, 5.41) is 3.66. The largest absolute Gasteiger partial charge is 0.365 e. The number of piperazine rings is 1. The fraction of sp³-hybridized carbons (Fsp3) is 0.571. The topological polar surface area (TPSA) is 15.3 Å². The summed E-state index contributed by atoms with van der Waals surface area (Å²) < 4.78 is 0. The van der Waals surface area contributed by atoms with Crippen molar-refractivity contribution >= 4 is 5.69 Å². The number of nitrogens with one attached hydrogen (secondary N) is 1. The number of para-hydroxylation sites is 1. The summed E-state index contributed by atoms with van der Waals surface area (Å²) in [4.78, 5) is 2.63. The van der Waals surface area contributed by atoms with Gasteiger partial charge in [-0.2, -0.15) is 0 Å². The normalized spacial score (nSPS) is 29.2. The number of aryl methyl sites for hydroxylation is 1. The van der Waals surface area contributed by atoms with Crippen molar-refractivity contribution < 1.29 is 0 Å². The maximum Gasteiger partial charge on any atom is 0.0443 e. The third-order valence-electron chi connectivity index (χ3n) is 4.06. The quantitative estimate of drug-likeness (QED) is 0.775. The summed E-state index contributed by atoms with van der Waals surface area (Å²) in [6, 6.07) is 10.3. The van der Waals surface area contributed by atoms with E-state index in [1.165, 1.54) is 30.5 Å². The van der Waals surface area contributed by atoms with Gasteiger partial charge in [0.25, 0.3) is 0 Å². The Morgan fingerprint density at radius 2 is 2.12 bits per heavy atom. The van der Waals surface area contributed by atoms with Crippen molar-refractivity contribution in [1.29, 1.82) is 0 Å². The minimum atomic E-state index is 0.730. The number of benzene rings is 1. The van der Waals surface area contributed by atoms with E-state index in [2.05, 4.69) is 41.4 Å². The van der Waals surface area contributed by atoms with Gasteiger partial charge in [0, 0.05) is 30.9 Å². The van der Waals surface area contributed by atoms with Gasteiger partial charge in [0.2, 0.25) is 0 Å². The van der Waals surface area contributed by atoms with Crippen LogP contribution in [0.2, 0.25) is 0 Å². The Hall–Kier alpha value is -1.02. The van der Waals surface area contributed by atoms with E-state index in [1.807, 2.05) is 0 Å². The summed E-state index contributed by atoms with van der Waals surface area (Å²) in [6.45, 7) is 4.52. The monoisotopic (exact) mass is 216 g/mol. The van der Waals surface area contributed by atoms with Crippen molar-refractivity contribution in [2.75, 3.05) is 18.0 Å². The Morgan fingerprint density at radius 3 is 3.00 bits per heavy atom. The highest BCUT2D eigenvalue weighted by molar-refractivity contribution is 5.54. The molecule has 0 aromatic heterocycles. The van der Waals surface area contributed by atoms with Crippen LogP contribution in [0.5, 0.6) is 0 Å². The number of rotatable bonds is 1. The molecule has 1 aliphatic carbocycles. The van der Waals surface area contributed by atoms with Crippen LogP contribution >= 0.6 is 0 Å². The molecule has 2 nitrogen and oxygen atoms in total. The lowest BCUT2D eigenvalue weighted by molar-refractivity contribution is 0.403. The smallest absolute Gasteiger partial charge is 0.0443 e. The first kappa shape index (κ1) is 10.2. The number of fused-ring (bicyclic) bond motifs is 1. The third kappa shape index (κ3) is 1.61. The van der Waals surface area contributed by atoms with E-state index in [0.29, 0.717) is 0 Å². The molecule has 0 bridgehead atoms. The highest BCUT2D eigenvalue weighted by Gasteiger charge is 2.35. The van der Waals surface area contributed by atoms with Crippen LogP contribution in [-0.2, 0) is 0 Å². The number of anilines is 1. The standard InChI is InChI=1S/C14H20N2/c1-11-5-2-3-7-13(11)16-10-9-15-12-6-4-8-14(12)16/h2-3,5,7,12,14-15H,4,6,8-10H2,1H3/t12-,14+/m0/s1. The Balaban J connectivity index is 1.91. The van der Waals surface area contributed by atoms with Gasteiger partial charge in [0.1, 0.15) is 0 Å². The molecule has 1 saturated carbocycles. The second-order valence-corrected chi connectivity index (χ2v) is 5.04. The first-order valence-electron chi connectivity index (χ1n) is 6.42. The molecular weight excluding hydrogens is 196 g/mol. The van der Waals surface area contributed by atoms with Gasteiger partial charge in [-0.05, 0) is 37.8 Å². The summed E-state index contributed by atoms with van der Waals surface area (Å²) in [5.74, 6) is 0. The lowest BCUT2D eigenvalue weighted by atomic mass is 10.0. The molecule has 1 N–H and O–H groups in total. The van der Waals surface area contributed by atoms with Gasteiger partial charge in [0.05, 0.1) is 0 Å². The van der Waals surface area contributed by atoms with Gasteiger partial charge < -0.3 is 10.2 Å². The molecule has 0 spiro atoms. The lowest BCUT2D eigenvalue weighted by Gasteiger charge is -2.40. The average molecular weight is 216 g/mol. The summed E-state index contributed by atoms with van der Waals surface area (Å²) in [6.07, 6.45) is 4.09. The maximum absolute atomic E-state index is 3.66. The molecule has 16 heavy (non-hydrogen) atoms. The molecule has 1 heterocycles. The molecule has 0 amide bonds. The van der Waals surface area contributed by atoms with Gasteiger partial charge >= 0.3 is 0 Å². The fourth-order valence-corrected chi connectivity index (χ4v) is 3.27. The molecule has 86 valence electrons. The molecule has 1 aliphatic heterocycles. The zero-order chi connectivity index (χ0) is 11.0. The molecule has 0 unspecified atom stereocenters. The predicted octanol–water partition coefficient (Wildman–Crippen LogP) is 2.33. The van der Waals surface area contributed by atoms with Gasteiger partial charge in [-0.15, -0.1) is 0 Å². The maximum atomic E-state index is 3.66. The molecule has 1 saturated heterocycles. The van der Waals surface area contributed by atoms with Crippen molar-refractivity contribution in [2.24, 2.45) is 0 Å². The molecule has 3 rings (SSSR count). The van der Waals surface area contributed by atoms with Crippen LogP contribution in [0, 0.1) is 6.92 Å². The molecule has 1 aromatic carbocycles. The summed E-state index contributed by atoms with van der Waals surface area (Å²) in [7, 11) is 0.